The lowest BCUT2D eigenvalue weighted by Crippen LogP contribution is -2.31. The number of nitrogens with two attached hydrogens (primary N) is 1. The smallest absolute Gasteiger partial charge is 0.136 e. The molecule has 3 heteroatoms. The van der Waals surface area contributed by atoms with Crippen molar-refractivity contribution in [1.82, 2.24) is 0 Å². The molecule has 0 aliphatic carbocycles. The van der Waals surface area contributed by atoms with Crippen molar-refractivity contribution < 1.29 is 9.47 Å². The van der Waals surface area contributed by atoms with E-state index in [2.05, 4.69) is 12.2 Å². The van der Waals surface area contributed by atoms with E-state index in [9.17, 15) is 0 Å². The van der Waals surface area contributed by atoms with E-state index in [-0.39, 0.29) is 0 Å². The first-order chi connectivity index (χ1) is 11.3. The molecule has 0 atom stereocenters. The third-order valence-electron chi connectivity index (χ3n) is 4.25. The Kier molecular flexibility index (Phi) is 2.36. The maximum atomic E-state index is 6.10. The molecule has 0 spiro atoms. The average Bonchev–Trinajstić information content (AvgIpc) is 2.59. The number of ether oxygens (including phenoxy) is 2. The molecule has 3 nitrogen and oxygen atoms in total. The van der Waals surface area contributed by atoms with Crippen molar-refractivity contribution >= 4 is 17.8 Å². The highest BCUT2D eigenvalue weighted by Gasteiger charge is 2.18. The van der Waals surface area contributed by atoms with Crippen LogP contribution in [0, 0.1) is 0 Å². The number of hydrogen-bond donors (Lipinski definition) is 1. The number of hydrogen-bond acceptors (Lipinski definition) is 3. The quantitative estimate of drug-likeness (QED) is 0.447. The van der Waals surface area contributed by atoms with E-state index in [0.717, 1.165) is 44.6 Å². The average molecular weight is 299 g/mol. The van der Waals surface area contributed by atoms with Gasteiger partial charge in [0.2, 0.25) is 0 Å². The van der Waals surface area contributed by atoms with Crippen LogP contribution < -0.4 is 25.6 Å². The predicted molar refractivity (Wildman–Crippen MR) is 90.3 cm³/mol. The van der Waals surface area contributed by atoms with Crippen LogP contribution in [0.15, 0.2) is 54.6 Å². The Balaban J connectivity index is 1.87. The fourth-order valence-corrected chi connectivity index (χ4v) is 3.11. The Labute approximate surface area is 132 Å². The van der Waals surface area contributed by atoms with Crippen molar-refractivity contribution in [3.63, 3.8) is 0 Å². The van der Waals surface area contributed by atoms with Crippen LogP contribution in [-0.2, 0) is 0 Å². The van der Waals surface area contributed by atoms with Gasteiger partial charge < -0.3 is 15.2 Å². The molecule has 3 aromatic carbocycles. The van der Waals surface area contributed by atoms with Crippen LogP contribution in [0.3, 0.4) is 0 Å². The van der Waals surface area contributed by atoms with Gasteiger partial charge in [0.05, 0.1) is 0 Å². The summed E-state index contributed by atoms with van der Waals surface area (Å²) < 4.78 is 12.0. The lowest BCUT2D eigenvalue weighted by atomic mass is 10.0. The molecule has 0 aromatic heterocycles. The Bertz CT molecular complexity index is 1080. The highest BCUT2D eigenvalue weighted by Crippen LogP contribution is 2.33. The van der Waals surface area contributed by atoms with Crippen LogP contribution in [-0.4, -0.2) is 0 Å². The molecule has 0 bridgehead atoms. The first-order valence-corrected chi connectivity index (χ1v) is 7.49. The fraction of sp³-hybridized carbons (Fsp3) is 0. The largest absolute Gasteiger partial charge is 0.456 e. The van der Waals surface area contributed by atoms with Gasteiger partial charge in [-0.3, -0.25) is 0 Å². The molecule has 2 heterocycles. The lowest BCUT2D eigenvalue weighted by molar-refractivity contribution is 0.456. The van der Waals surface area contributed by atoms with Gasteiger partial charge in [0.1, 0.15) is 23.0 Å². The van der Waals surface area contributed by atoms with Crippen LogP contribution in [0.2, 0.25) is 0 Å². The molecule has 3 aromatic rings. The molecule has 0 amide bonds. The zero-order chi connectivity index (χ0) is 15.4. The minimum Gasteiger partial charge on any atom is -0.456 e. The summed E-state index contributed by atoms with van der Waals surface area (Å²) in [6.07, 6.45) is 4.22. The summed E-state index contributed by atoms with van der Waals surface area (Å²) in [5.74, 6) is 3.31. The second kappa shape index (κ2) is 4.40. The maximum absolute atomic E-state index is 6.10. The van der Waals surface area contributed by atoms with E-state index in [0.29, 0.717) is 5.69 Å². The SMILES string of the molecule is Nc1cccc2c1C=c1c(ccc3c1=Cc1ccccc1O3)O2. The molecule has 0 saturated carbocycles. The first-order valence-electron chi connectivity index (χ1n) is 7.49. The molecule has 5 rings (SSSR count). The van der Waals surface area contributed by atoms with E-state index < -0.39 is 0 Å². The van der Waals surface area contributed by atoms with Crippen molar-refractivity contribution in [2.75, 3.05) is 5.73 Å². The minimum atomic E-state index is 0.711. The van der Waals surface area contributed by atoms with Gasteiger partial charge in [0.15, 0.2) is 0 Å². The first kappa shape index (κ1) is 12.4. The Morgan fingerprint density at radius 1 is 0.609 bits per heavy atom. The van der Waals surface area contributed by atoms with Crippen LogP contribution in [0.5, 0.6) is 23.0 Å². The van der Waals surface area contributed by atoms with Crippen LogP contribution in [0.25, 0.3) is 12.2 Å². The molecule has 2 N–H and O–H groups in total. The van der Waals surface area contributed by atoms with E-state index in [1.807, 2.05) is 54.6 Å². The number of para-hydroxylation sites is 1. The zero-order valence-electron chi connectivity index (χ0n) is 12.2. The summed E-state index contributed by atoms with van der Waals surface area (Å²) in [5, 5.41) is 2.03. The summed E-state index contributed by atoms with van der Waals surface area (Å²) in [6, 6.07) is 17.6. The molecular weight excluding hydrogens is 286 g/mol. The van der Waals surface area contributed by atoms with Gasteiger partial charge in [-0.1, -0.05) is 24.3 Å². The maximum Gasteiger partial charge on any atom is 0.136 e. The van der Waals surface area contributed by atoms with E-state index in [4.69, 9.17) is 15.2 Å². The Morgan fingerprint density at radius 2 is 1.30 bits per heavy atom. The monoisotopic (exact) mass is 299 g/mol. The van der Waals surface area contributed by atoms with Crippen molar-refractivity contribution in [3.8, 4) is 23.0 Å². The van der Waals surface area contributed by atoms with Gasteiger partial charge in [-0.2, -0.15) is 0 Å². The number of nitrogen functional groups attached to an aromatic ring is 1. The molecule has 2 aliphatic heterocycles. The number of anilines is 1. The van der Waals surface area contributed by atoms with Gasteiger partial charge in [-0.05, 0) is 42.5 Å². The van der Waals surface area contributed by atoms with Crippen molar-refractivity contribution in [2.45, 2.75) is 0 Å². The standard InChI is InChI=1S/C20H13NO2/c21-16-5-3-7-18-15(16)11-14-13-10-12-4-1-2-6-17(12)22-19(13)8-9-20(14)23-18/h1-11H,21H2. The minimum absolute atomic E-state index is 0.711. The summed E-state index contributed by atoms with van der Waals surface area (Å²) in [6.45, 7) is 0. The van der Waals surface area contributed by atoms with Crippen molar-refractivity contribution in [1.29, 1.82) is 0 Å². The molecule has 110 valence electrons. The summed E-state index contributed by atoms with van der Waals surface area (Å²) in [4.78, 5) is 0. The third kappa shape index (κ3) is 1.77. The Morgan fingerprint density at radius 3 is 2.17 bits per heavy atom. The number of benzene rings is 3. The second-order valence-corrected chi connectivity index (χ2v) is 5.68. The van der Waals surface area contributed by atoms with E-state index >= 15 is 0 Å². The predicted octanol–water partition coefficient (Wildman–Crippen LogP) is 3.14. The van der Waals surface area contributed by atoms with Gasteiger partial charge in [-0.25, -0.2) is 0 Å². The topological polar surface area (TPSA) is 44.5 Å². The van der Waals surface area contributed by atoms with Crippen LogP contribution in [0.4, 0.5) is 5.69 Å². The highest BCUT2D eigenvalue weighted by molar-refractivity contribution is 5.75. The van der Waals surface area contributed by atoms with Crippen molar-refractivity contribution in [2.24, 2.45) is 0 Å². The van der Waals surface area contributed by atoms with Gasteiger partial charge >= 0.3 is 0 Å². The van der Waals surface area contributed by atoms with Crippen molar-refractivity contribution in [3.05, 3.63) is 76.2 Å². The number of fused-ring (bicyclic) bond motifs is 5. The third-order valence-corrected chi connectivity index (χ3v) is 4.25. The Hall–Kier alpha value is -3.20. The normalized spacial score (nSPS) is 13.0. The van der Waals surface area contributed by atoms with Gasteiger partial charge in [-0.15, -0.1) is 0 Å². The molecule has 0 fully saturated rings. The molecule has 2 aliphatic rings. The highest BCUT2D eigenvalue weighted by atomic mass is 16.5. The second-order valence-electron chi connectivity index (χ2n) is 5.68. The molecular formula is C20H13NO2. The van der Waals surface area contributed by atoms with Crippen LogP contribution in [0.1, 0.15) is 11.1 Å². The number of rotatable bonds is 0. The lowest BCUT2D eigenvalue weighted by Gasteiger charge is -2.20. The molecule has 23 heavy (non-hydrogen) atoms. The molecule has 0 unspecified atom stereocenters. The zero-order valence-corrected chi connectivity index (χ0v) is 12.2. The van der Waals surface area contributed by atoms with E-state index in [1.165, 1.54) is 0 Å². The van der Waals surface area contributed by atoms with Crippen LogP contribution >= 0.6 is 0 Å². The van der Waals surface area contributed by atoms with E-state index in [1.54, 1.807) is 0 Å². The summed E-state index contributed by atoms with van der Waals surface area (Å²) in [5.41, 5.74) is 8.79. The summed E-state index contributed by atoms with van der Waals surface area (Å²) in [7, 11) is 0. The fourth-order valence-electron chi connectivity index (χ4n) is 3.11. The molecule has 0 saturated heterocycles. The van der Waals surface area contributed by atoms with Gasteiger partial charge in [0, 0.05) is 27.3 Å². The van der Waals surface area contributed by atoms with Gasteiger partial charge in [0.25, 0.3) is 0 Å². The molecule has 0 radical (unpaired) electrons. The summed E-state index contributed by atoms with van der Waals surface area (Å²) >= 11 is 0.